The fraction of sp³-hybridized carbons (Fsp3) is 0.379. The number of hydrogen-bond donors (Lipinski definition) is 0. The first-order valence-corrected chi connectivity index (χ1v) is 12.9. The lowest BCUT2D eigenvalue weighted by Gasteiger charge is -2.26. The van der Waals surface area contributed by atoms with Gasteiger partial charge in [0.2, 0.25) is 0 Å². The smallest absolute Gasteiger partial charge is 0.387 e. The second-order valence-electron chi connectivity index (χ2n) is 9.60. The van der Waals surface area contributed by atoms with E-state index < -0.39 is 6.61 Å². The van der Waals surface area contributed by atoms with Gasteiger partial charge in [-0.2, -0.15) is 8.78 Å². The number of benzene rings is 1. The number of esters is 1. The molecular weight excluding hydrogens is 490 g/mol. The number of pyridine rings is 1. The first kappa shape index (κ1) is 25.8. The normalized spacial score (nSPS) is 17.6. The summed E-state index contributed by atoms with van der Waals surface area (Å²) in [5.74, 6) is 0.812. The Kier molecular flexibility index (Phi) is 7.62. The number of carbonyl (C=O) groups excluding carboxylic acids is 1. The van der Waals surface area contributed by atoms with Gasteiger partial charge in [-0.25, -0.2) is 15.0 Å². The van der Waals surface area contributed by atoms with E-state index in [0.717, 1.165) is 53.2 Å². The summed E-state index contributed by atoms with van der Waals surface area (Å²) in [4.78, 5) is 26.2. The van der Waals surface area contributed by atoms with E-state index >= 15 is 0 Å². The van der Waals surface area contributed by atoms with Crippen LogP contribution in [-0.2, 0) is 16.0 Å². The quantitative estimate of drug-likeness (QED) is 0.260. The molecule has 1 aromatic carbocycles. The molecule has 38 heavy (non-hydrogen) atoms. The lowest BCUT2D eigenvalue weighted by Crippen LogP contribution is -2.24. The molecule has 2 unspecified atom stereocenters. The highest BCUT2D eigenvalue weighted by molar-refractivity contribution is 5.72. The van der Waals surface area contributed by atoms with Gasteiger partial charge in [-0.3, -0.25) is 4.79 Å². The van der Waals surface area contributed by atoms with E-state index in [-0.39, 0.29) is 23.6 Å². The molecule has 0 amide bonds. The molecule has 2 atom stereocenters. The van der Waals surface area contributed by atoms with Gasteiger partial charge in [0.25, 0.3) is 0 Å². The average molecular weight is 521 g/mol. The minimum atomic E-state index is -2.89. The van der Waals surface area contributed by atoms with Crippen molar-refractivity contribution in [1.82, 2.24) is 19.4 Å². The Labute approximate surface area is 219 Å². The molecule has 4 aromatic rings. The molecule has 0 radical (unpaired) electrons. The Balaban J connectivity index is 1.39. The van der Waals surface area contributed by atoms with Crippen molar-refractivity contribution in [3.63, 3.8) is 0 Å². The highest BCUT2D eigenvalue weighted by Crippen LogP contribution is 2.35. The van der Waals surface area contributed by atoms with Crippen molar-refractivity contribution >= 4 is 11.6 Å². The van der Waals surface area contributed by atoms with Crippen molar-refractivity contribution in [1.29, 1.82) is 0 Å². The van der Waals surface area contributed by atoms with Crippen molar-refractivity contribution in [2.24, 2.45) is 5.92 Å². The number of hydrogen-bond acceptors (Lipinski definition) is 6. The third-order valence-electron chi connectivity index (χ3n) is 7.13. The van der Waals surface area contributed by atoms with E-state index in [9.17, 15) is 13.6 Å². The van der Waals surface area contributed by atoms with E-state index in [1.54, 1.807) is 24.3 Å². The SMILES string of the molecule is CCOC(=O)C1CCCC(c2ncc(-c3ccc4nc(C)c(Cc5ccccc5OC(F)F)n4c3)cn2)C1. The Morgan fingerprint density at radius 2 is 1.89 bits per heavy atom. The summed E-state index contributed by atoms with van der Waals surface area (Å²) < 4.78 is 37.7. The second-order valence-corrected chi connectivity index (χ2v) is 9.60. The van der Waals surface area contributed by atoms with Crippen LogP contribution in [0.5, 0.6) is 5.75 Å². The predicted molar refractivity (Wildman–Crippen MR) is 138 cm³/mol. The predicted octanol–water partition coefficient (Wildman–Crippen LogP) is 6.13. The number of carbonyl (C=O) groups is 1. The number of fused-ring (bicyclic) bond motifs is 1. The second kappa shape index (κ2) is 11.2. The molecule has 198 valence electrons. The van der Waals surface area contributed by atoms with Gasteiger partial charge in [-0.15, -0.1) is 0 Å². The van der Waals surface area contributed by atoms with Crippen molar-refractivity contribution < 1.29 is 23.0 Å². The van der Waals surface area contributed by atoms with Crippen LogP contribution in [-0.4, -0.2) is 38.5 Å². The fourth-order valence-corrected chi connectivity index (χ4v) is 5.23. The molecule has 0 aliphatic heterocycles. The number of para-hydroxylation sites is 1. The zero-order valence-corrected chi connectivity index (χ0v) is 21.4. The molecule has 1 fully saturated rings. The Bertz CT molecular complexity index is 1420. The average Bonchev–Trinajstić information content (AvgIpc) is 3.23. The van der Waals surface area contributed by atoms with Gasteiger partial charge in [0.05, 0.1) is 18.2 Å². The first-order valence-electron chi connectivity index (χ1n) is 12.9. The molecule has 9 heteroatoms. The Hall–Kier alpha value is -3.88. The number of alkyl halides is 2. The van der Waals surface area contributed by atoms with Crippen molar-refractivity contribution in [2.45, 2.75) is 58.5 Å². The number of rotatable bonds is 8. The van der Waals surface area contributed by atoms with Crippen molar-refractivity contribution in [3.05, 3.63) is 77.8 Å². The fourth-order valence-electron chi connectivity index (χ4n) is 5.23. The molecule has 0 N–H and O–H groups in total. The minimum absolute atomic E-state index is 0.0986. The summed E-state index contributed by atoms with van der Waals surface area (Å²) in [5, 5.41) is 0. The Morgan fingerprint density at radius 1 is 1.11 bits per heavy atom. The van der Waals surface area contributed by atoms with Gasteiger partial charge in [-0.1, -0.05) is 24.6 Å². The molecule has 7 nitrogen and oxygen atoms in total. The molecule has 0 bridgehead atoms. The van der Waals surface area contributed by atoms with Crippen LogP contribution in [0.15, 0.2) is 55.0 Å². The topological polar surface area (TPSA) is 78.6 Å². The van der Waals surface area contributed by atoms with Crippen LogP contribution in [0, 0.1) is 12.8 Å². The standard InChI is InChI=1S/C29H30F2N4O3/c1-3-37-28(36)21-9-6-8-20(13-21)27-32-15-23(16-33-27)22-11-12-26-34-18(2)24(35(26)17-22)14-19-7-4-5-10-25(19)38-29(30)31/h4-5,7,10-12,15-17,20-21,29H,3,6,8-9,13-14H2,1-2H3. The van der Waals surface area contributed by atoms with E-state index in [2.05, 4.69) is 15.0 Å². The third-order valence-corrected chi connectivity index (χ3v) is 7.13. The molecule has 1 aliphatic rings. The zero-order valence-electron chi connectivity index (χ0n) is 21.4. The van der Waals surface area contributed by atoms with Crippen LogP contribution in [0.25, 0.3) is 16.8 Å². The molecule has 1 saturated carbocycles. The van der Waals surface area contributed by atoms with Gasteiger partial charge in [0.1, 0.15) is 17.2 Å². The highest BCUT2D eigenvalue weighted by atomic mass is 19.3. The number of halogens is 2. The summed E-state index contributed by atoms with van der Waals surface area (Å²) in [7, 11) is 0. The van der Waals surface area contributed by atoms with Crippen LogP contribution in [0.1, 0.15) is 61.3 Å². The summed E-state index contributed by atoms with van der Waals surface area (Å²) in [6.07, 6.45) is 9.44. The van der Waals surface area contributed by atoms with Crippen LogP contribution in [0.4, 0.5) is 8.78 Å². The largest absolute Gasteiger partial charge is 0.466 e. The summed E-state index contributed by atoms with van der Waals surface area (Å²) in [5.41, 5.74) is 4.88. The van der Waals surface area contributed by atoms with E-state index in [4.69, 9.17) is 9.47 Å². The van der Waals surface area contributed by atoms with Crippen LogP contribution < -0.4 is 4.74 Å². The van der Waals surface area contributed by atoms with E-state index in [1.165, 1.54) is 0 Å². The molecule has 3 heterocycles. The monoisotopic (exact) mass is 520 g/mol. The van der Waals surface area contributed by atoms with E-state index in [1.807, 2.05) is 49.0 Å². The molecule has 1 aliphatic carbocycles. The van der Waals surface area contributed by atoms with Gasteiger partial charge < -0.3 is 13.9 Å². The van der Waals surface area contributed by atoms with Crippen LogP contribution >= 0.6 is 0 Å². The maximum atomic E-state index is 12.9. The van der Waals surface area contributed by atoms with E-state index in [0.29, 0.717) is 25.0 Å². The maximum Gasteiger partial charge on any atom is 0.387 e. The van der Waals surface area contributed by atoms with Gasteiger partial charge in [0, 0.05) is 53.3 Å². The van der Waals surface area contributed by atoms with Crippen molar-refractivity contribution in [2.75, 3.05) is 6.61 Å². The maximum absolute atomic E-state index is 12.9. The molecule has 5 rings (SSSR count). The Morgan fingerprint density at radius 3 is 2.66 bits per heavy atom. The molecule has 3 aromatic heterocycles. The molecule has 0 spiro atoms. The number of imidazole rings is 1. The summed E-state index contributed by atoms with van der Waals surface area (Å²) >= 11 is 0. The first-order chi connectivity index (χ1) is 18.4. The number of aromatic nitrogens is 4. The number of nitrogens with zero attached hydrogens (tertiary/aromatic N) is 4. The number of aryl methyl sites for hydroxylation is 1. The third kappa shape index (κ3) is 5.51. The minimum Gasteiger partial charge on any atom is -0.466 e. The van der Waals surface area contributed by atoms with Crippen LogP contribution in [0.2, 0.25) is 0 Å². The van der Waals surface area contributed by atoms with Crippen molar-refractivity contribution in [3.8, 4) is 16.9 Å². The van der Waals surface area contributed by atoms with Gasteiger partial charge in [-0.05, 0) is 51.3 Å². The number of ether oxygens (including phenoxy) is 2. The molecule has 0 saturated heterocycles. The van der Waals surface area contributed by atoms with Crippen LogP contribution in [0.3, 0.4) is 0 Å². The zero-order chi connectivity index (χ0) is 26.6. The summed E-state index contributed by atoms with van der Waals surface area (Å²) in [6, 6.07) is 10.7. The highest BCUT2D eigenvalue weighted by Gasteiger charge is 2.30. The lowest BCUT2D eigenvalue weighted by molar-refractivity contribution is -0.149. The summed E-state index contributed by atoms with van der Waals surface area (Å²) in [6.45, 7) is 1.24. The van der Waals surface area contributed by atoms with Gasteiger partial charge in [0.15, 0.2) is 0 Å². The van der Waals surface area contributed by atoms with Gasteiger partial charge >= 0.3 is 12.6 Å². The molecular formula is C29H30F2N4O3. The lowest BCUT2D eigenvalue weighted by atomic mass is 9.81.